The molecule has 1 aromatic heterocycles. The van der Waals surface area contributed by atoms with E-state index in [1.807, 2.05) is 24.3 Å². The quantitative estimate of drug-likeness (QED) is 0.457. The number of ether oxygens (including phenoxy) is 1. The summed E-state index contributed by atoms with van der Waals surface area (Å²) in [6, 6.07) is 7.32. The molecule has 0 atom stereocenters. The van der Waals surface area contributed by atoms with Crippen molar-refractivity contribution in [2.24, 2.45) is 0 Å². The molecule has 0 bridgehead atoms. The highest BCUT2D eigenvalue weighted by molar-refractivity contribution is 6.17. The van der Waals surface area contributed by atoms with E-state index >= 15 is 0 Å². The van der Waals surface area contributed by atoms with Gasteiger partial charge in [-0.05, 0) is 30.7 Å². The van der Waals surface area contributed by atoms with Gasteiger partial charge < -0.3 is 9.15 Å². The van der Waals surface area contributed by atoms with Crippen LogP contribution in [0.2, 0.25) is 0 Å². The van der Waals surface area contributed by atoms with Crippen molar-refractivity contribution in [1.82, 2.24) is 4.98 Å². The Hall–Kier alpha value is -1.81. The molecular weight excluding hydrogens is 254 g/mol. The van der Waals surface area contributed by atoms with Crippen LogP contribution in [0.1, 0.15) is 16.9 Å². The van der Waals surface area contributed by atoms with Gasteiger partial charge in [0.25, 0.3) is 0 Å². The van der Waals surface area contributed by atoms with Gasteiger partial charge in [0, 0.05) is 11.4 Å². The van der Waals surface area contributed by atoms with Crippen LogP contribution in [0.3, 0.4) is 0 Å². The lowest BCUT2D eigenvalue weighted by Gasteiger charge is -2.04. The first-order chi connectivity index (χ1) is 8.83. The molecule has 5 heteroatoms. The number of carbonyl (C=O) groups is 1. The maximum Gasteiger partial charge on any atom is 0.226 e. The summed E-state index contributed by atoms with van der Waals surface area (Å²) < 4.78 is 10.7. The molecule has 0 saturated carbocycles. The molecule has 18 heavy (non-hydrogen) atoms. The van der Waals surface area contributed by atoms with Crippen molar-refractivity contribution in [2.75, 3.05) is 12.5 Å². The third-order valence-corrected chi connectivity index (χ3v) is 2.56. The van der Waals surface area contributed by atoms with Crippen LogP contribution in [0.15, 0.2) is 34.9 Å². The van der Waals surface area contributed by atoms with Gasteiger partial charge in [-0.3, -0.25) is 4.79 Å². The molecule has 0 aliphatic rings. The van der Waals surface area contributed by atoms with Gasteiger partial charge in [-0.2, -0.15) is 0 Å². The van der Waals surface area contributed by atoms with Gasteiger partial charge in [0.15, 0.2) is 6.29 Å². The third kappa shape index (κ3) is 3.11. The number of nitrogens with zero attached hydrogens (tertiary/aromatic N) is 1. The molecule has 0 aliphatic carbocycles. The first-order valence-corrected chi connectivity index (χ1v) is 6.07. The number of aromatic nitrogens is 1. The molecular formula is C13H12ClNO3. The van der Waals surface area contributed by atoms with Crippen LogP contribution in [0, 0.1) is 0 Å². The smallest absolute Gasteiger partial charge is 0.226 e. The molecule has 0 unspecified atom stereocenters. The van der Waals surface area contributed by atoms with E-state index in [9.17, 15) is 4.79 Å². The molecule has 0 saturated heterocycles. The minimum atomic E-state index is 0.285. The lowest BCUT2D eigenvalue weighted by atomic mass is 10.2. The molecule has 2 rings (SSSR count). The topological polar surface area (TPSA) is 52.3 Å². The molecule has 1 aromatic carbocycles. The normalized spacial score (nSPS) is 10.3. The summed E-state index contributed by atoms with van der Waals surface area (Å²) in [5, 5.41) is 0. The van der Waals surface area contributed by atoms with Gasteiger partial charge in [-0.15, -0.1) is 11.6 Å². The van der Waals surface area contributed by atoms with E-state index in [0.717, 1.165) is 17.7 Å². The Bertz CT molecular complexity index is 507. The van der Waals surface area contributed by atoms with Crippen LogP contribution in [0.4, 0.5) is 0 Å². The standard InChI is InChI=1S/C13H12ClNO3/c14-6-1-7-17-12-4-2-10(3-5-12)13-15-11(8-16)9-18-13/h2-5,8-9H,1,6-7H2. The van der Waals surface area contributed by atoms with E-state index in [4.69, 9.17) is 20.8 Å². The summed E-state index contributed by atoms with van der Waals surface area (Å²) in [6.45, 7) is 0.594. The first kappa shape index (κ1) is 12.6. The average molecular weight is 266 g/mol. The van der Waals surface area contributed by atoms with Gasteiger partial charge >= 0.3 is 0 Å². The maximum atomic E-state index is 10.5. The molecule has 1 heterocycles. The largest absolute Gasteiger partial charge is 0.494 e. The number of halogens is 1. The molecule has 0 spiro atoms. The van der Waals surface area contributed by atoms with E-state index in [1.165, 1.54) is 6.26 Å². The fourth-order valence-electron chi connectivity index (χ4n) is 1.41. The fraction of sp³-hybridized carbons (Fsp3) is 0.231. The van der Waals surface area contributed by atoms with Crippen molar-refractivity contribution in [1.29, 1.82) is 0 Å². The van der Waals surface area contributed by atoms with Crippen LogP contribution >= 0.6 is 11.6 Å². The minimum absolute atomic E-state index is 0.285. The van der Waals surface area contributed by atoms with Gasteiger partial charge in [0.1, 0.15) is 17.7 Å². The molecule has 0 aliphatic heterocycles. The zero-order chi connectivity index (χ0) is 12.8. The zero-order valence-corrected chi connectivity index (χ0v) is 10.4. The van der Waals surface area contributed by atoms with E-state index in [2.05, 4.69) is 4.98 Å². The molecule has 94 valence electrons. The van der Waals surface area contributed by atoms with Crippen LogP contribution in [0.5, 0.6) is 5.75 Å². The van der Waals surface area contributed by atoms with Crippen molar-refractivity contribution < 1.29 is 13.9 Å². The monoisotopic (exact) mass is 265 g/mol. The summed E-state index contributed by atoms with van der Waals surface area (Å²) in [7, 11) is 0. The van der Waals surface area contributed by atoms with Crippen molar-refractivity contribution in [3.8, 4) is 17.2 Å². The van der Waals surface area contributed by atoms with Crippen molar-refractivity contribution in [3.05, 3.63) is 36.2 Å². The highest BCUT2D eigenvalue weighted by Gasteiger charge is 2.06. The molecule has 0 N–H and O–H groups in total. The predicted octanol–water partition coefficient (Wildman–Crippen LogP) is 3.16. The summed E-state index contributed by atoms with van der Waals surface area (Å²) >= 11 is 5.56. The van der Waals surface area contributed by atoms with Gasteiger partial charge in [-0.25, -0.2) is 4.98 Å². The van der Waals surface area contributed by atoms with Crippen LogP contribution in [-0.2, 0) is 0 Å². The maximum absolute atomic E-state index is 10.5. The minimum Gasteiger partial charge on any atom is -0.494 e. The number of aldehydes is 1. The summed E-state index contributed by atoms with van der Waals surface area (Å²) in [5.41, 5.74) is 1.08. The number of alkyl halides is 1. The number of benzene rings is 1. The van der Waals surface area contributed by atoms with Crippen molar-refractivity contribution in [3.63, 3.8) is 0 Å². The van der Waals surface area contributed by atoms with Crippen LogP contribution in [0.25, 0.3) is 11.5 Å². The number of hydrogen-bond donors (Lipinski definition) is 0. The van der Waals surface area contributed by atoms with Gasteiger partial charge in [0.05, 0.1) is 6.61 Å². The summed E-state index contributed by atoms with van der Waals surface area (Å²) in [5.74, 6) is 1.78. The Labute approximate surface area is 110 Å². The summed E-state index contributed by atoms with van der Waals surface area (Å²) in [4.78, 5) is 14.5. The Morgan fingerprint density at radius 3 is 2.72 bits per heavy atom. The fourth-order valence-corrected chi connectivity index (χ4v) is 1.52. The lowest BCUT2D eigenvalue weighted by molar-refractivity contribution is 0.111. The number of hydrogen-bond acceptors (Lipinski definition) is 4. The molecule has 4 nitrogen and oxygen atoms in total. The van der Waals surface area contributed by atoms with E-state index in [0.29, 0.717) is 24.7 Å². The summed E-state index contributed by atoms with van der Waals surface area (Å²) in [6.07, 6.45) is 2.79. The zero-order valence-electron chi connectivity index (χ0n) is 9.64. The van der Waals surface area contributed by atoms with Crippen LogP contribution < -0.4 is 4.74 Å². The Morgan fingerprint density at radius 1 is 1.33 bits per heavy atom. The molecule has 0 amide bonds. The number of carbonyl (C=O) groups excluding carboxylic acids is 1. The SMILES string of the molecule is O=Cc1coc(-c2ccc(OCCCCl)cc2)n1. The van der Waals surface area contributed by atoms with Gasteiger partial charge in [-0.1, -0.05) is 0 Å². The molecule has 0 fully saturated rings. The Kier molecular flexibility index (Phi) is 4.36. The predicted molar refractivity (Wildman–Crippen MR) is 68.2 cm³/mol. The van der Waals surface area contributed by atoms with Crippen molar-refractivity contribution in [2.45, 2.75) is 6.42 Å². The first-order valence-electron chi connectivity index (χ1n) is 5.53. The third-order valence-electron chi connectivity index (χ3n) is 2.29. The van der Waals surface area contributed by atoms with Crippen molar-refractivity contribution >= 4 is 17.9 Å². The Balaban J connectivity index is 2.04. The number of oxazole rings is 1. The van der Waals surface area contributed by atoms with E-state index in [-0.39, 0.29) is 5.69 Å². The highest BCUT2D eigenvalue weighted by Crippen LogP contribution is 2.21. The number of rotatable bonds is 6. The second-order valence-corrected chi connectivity index (χ2v) is 3.99. The second-order valence-electron chi connectivity index (χ2n) is 3.61. The lowest BCUT2D eigenvalue weighted by Crippen LogP contribution is -1.97. The second kappa shape index (κ2) is 6.21. The van der Waals surface area contributed by atoms with E-state index < -0.39 is 0 Å². The Morgan fingerprint density at radius 2 is 2.11 bits per heavy atom. The van der Waals surface area contributed by atoms with Gasteiger partial charge in [0.2, 0.25) is 5.89 Å². The molecule has 2 aromatic rings. The van der Waals surface area contributed by atoms with Crippen LogP contribution in [-0.4, -0.2) is 23.8 Å². The van der Waals surface area contributed by atoms with E-state index in [1.54, 1.807) is 0 Å². The highest BCUT2D eigenvalue weighted by atomic mass is 35.5. The average Bonchev–Trinajstić information content (AvgIpc) is 2.89. The molecule has 0 radical (unpaired) electrons.